The molecular formula is C22H31N5O2. The summed E-state index contributed by atoms with van der Waals surface area (Å²) in [5.41, 5.74) is 0.737. The lowest BCUT2D eigenvalue weighted by Crippen LogP contribution is -2.40. The van der Waals surface area contributed by atoms with Crippen molar-refractivity contribution in [3.63, 3.8) is 0 Å². The minimum absolute atomic E-state index is 0.0139. The van der Waals surface area contributed by atoms with Crippen LogP contribution in [0.3, 0.4) is 0 Å². The summed E-state index contributed by atoms with van der Waals surface area (Å²) in [6.45, 7) is 9.26. The van der Waals surface area contributed by atoms with Gasteiger partial charge in [0, 0.05) is 50.1 Å². The molecule has 3 heterocycles. The molecule has 4 rings (SSSR count). The van der Waals surface area contributed by atoms with Crippen molar-refractivity contribution in [3.05, 3.63) is 51.2 Å². The summed E-state index contributed by atoms with van der Waals surface area (Å²) in [4.78, 5) is 36.2. The zero-order chi connectivity index (χ0) is 20.6. The van der Waals surface area contributed by atoms with Gasteiger partial charge in [0.15, 0.2) is 5.82 Å². The predicted octanol–water partition coefficient (Wildman–Crippen LogP) is 2.42. The molecule has 0 amide bonds. The van der Waals surface area contributed by atoms with E-state index in [2.05, 4.69) is 35.6 Å². The lowest BCUT2D eigenvalue weighted by Gasteiger charge is -2.32. The van der Waals surface area contributed by atoms with Gasteiger partial charge in [0.25, 0.3) is 11.1 Å². The fourth-order valence-corrected chi connectivity index (χ4v) is 3.95. The Labute approximate surface area is 171 Å². The molecule has 7 heteroatoms. The molecule has 1 aliphatic carbocycles. The summed E-state index contributed by atoms with van der Waals surface area (Å²) in [6, 6.07) is 1.66. The maximum absolute atomic E-state index is 12.8. The smallest absolute Gasteiger partial charge is 0.293 e. The van der Waals surface area contributed by atoms with Crippen LogP contribution in [0, 0.1) is 11.8 Å². The summed E-state index contributed by atoms with van der Waals surface area (Å²) < 4.78 is 3.53. The highest BCUT2D eigenvalue weighted by atomic mass is 16.1. The highest BCUT2D eigenvalue weighted by Gasteiger charge is 2.26. The van der Waals surface area contributed by atoms with Crippen LogP contribution < -0.4 is 16.0 Å². The van der Waals surface area contributed by atoms with Gasteiger partial charge >= 0.3 is 0 Å². The molecule has 1 saturated heterocycles. The minimum atomic E-state index is -0.126. The van der Waals surface area contributed by atoms with E-state index in [1.165, 1.54) is 12.8 Å². The van der Waals surface area contributed by atoms with Gasteiger partial charge in [-0.3, -0.25) is 14.2 Å². The molecule has 0 aromatic carbocycles. The average Bonchev–Trinajstić information content (AvgIpc) is 3.49. The first-order chi connectivity index (χ1) is 13.8. The predicted molar refractivity (Wildman–Crippen MR) is 113 cm³/mol. The van der Waals surface area contributed by atoms with Crippen LogP contribution in [0.15, 0.2) is 34.4 Å². The Bertz CT molecular complexity index is 976. The molecule has 0 atom stereocenters. The van der Waals surface area contributed by atoms with Crippen LogP contribution in [0.5, 0.6) is 0 Å². The van der Waals surface area contributed by atoms with Crippen LogP contribution >= 0.6 is 0 Å². The highest BCUT2D eigenvalue weighted by Crippen LogP contribution is 2.30. The van der Waals surface area contributed by atoms with Gasteiger partial charge in [-0.15, -0.1) is 0 Å². The summed E-state index contributed by atoms with van der Waals surface area (Å²) in [5, 5.41) is 0. The first-order valence-corrected chi connectivity index (χ1v) is 10.7. The Morgan fingerprint density at radius 1 is 0.966 bits per heavy atom. The second-order valence-electron chi connectivity index (χ2n) is 9.60. The third-order valence-electron chi connectivity index (χ3n) is 6.06. The Balaban J connectivity index is 1.39. The monoisotopic (exact) mass is 397 g/mol. The van der Waals surface area contributed by atoms with E-state index in [9.17, 15) is 9.59 Å². The second-order valence-corrected chi connectivity index (χ2v) is 9.60. The van der Waals surface area contributed by atoms with Crippen molar-refractivity contribution in [2.24, 2.45) is 11.8 Å². The molecule has 2 aliphatic rings. The van der Waals surface area contributed by atoms with Crippen LogP contribution in [0.2, 0.25) is 0 Å². The van der Waals surface area contributed by atoms with Crippen molar-refractivity contribution in [1.29, 1.82) is 0 Å². The van der Waals surface area contributed by atoms with E-state index < -0.39 is 0 Å². The first-order valence-electron chi connectivity index (χ1n) is 10.7. The second kappa shape index (κ2) is 7.76. The Hall–Kier alpha value is -2.44. The van der Waals surface area contributed by atoms with Gasteiger partial charge in [-0.25, -0.2) is 9.97 Å². The van der Waals surface area contributed by atoms with Crippen LogP contribution in [-0.4, -0.2) is 32.2 Å². The fraction of sp³-hybridized carbons (Fsp3) is 0.636. The minimum Gasteiger partial charge on any atom is -0.352 e. The van der Waals surface area contributed by atoms with Gasteiger partial charge in [0.1, 0.15) is 0 Å². The molecule has 2 fully saturated rings. The quantitative estimate of drug-likeness (QED) is 0.775. The molecule has 1 saturated carbocycles. The highest BCUT2D eigenvalue weighted by molar-refractivity contribution is 5.36. The lowest BCUT2D eigenvalue weighted by molar-refractivity contribution is 0.348. The van der Waals surface area contributed by atoms with Gasteiger partial charge in [-0.1, -0.05) is 20.8 Å². The summed E-state index contributed by atoms with van der Waals surface area (Å²) in [6.07, 6.45) is 9.55. The van der Waals surface area contributed by atoms with Gasteiger partial charge in [-0.05, 0) is 37.5 Å². The standard InChI is InChI=1S/C22H31N5O2/c1-22(2,3)18-12-19(28)27(15-24-18)14-17-6-9-25(10-7-17)20-21(29)26(11-8-23-20)13-16-4-5-16/h8,11-12,15-17H,4-7,9-10,13-14H2,1-3H3. The van der Waals surface area contributed by atoms with Crippen LogP contribution in [-0.2, 0) is 18.5 Å². The van der Waals surface area contributed by atoms with E-state index >= 15 is 0 Å². The van der Waals surface area contributed by atoms with Crippen LogP contribution in [0.4, 0.5) is 5.82 Å². The summed E-state index contributed by atoms with van der Waals surface area (Å²) >= 11 is 0. The van der Waals surface area contributed by atoms with E-state index in [-0.39, 0.29) is 16.5 Å². The normalized spacial score (nSPS) is 18.2. The molecular weight excluding hydrogens is 366 g/mol. The largest absolute Gasteiger partial charge is 0.352 e. The molecule has 0 radical (unpaired) electrons. The van der Waals surface area contributed by atoms with E-state index in [1.807, 2.05) is 4.57 Å². The van der Waals surface area contributed by atoms with Crippen LogP contribution in [0.1, 0.15) is 52.1 Å². The van der Waals surface area contributed by atoms with Crippen LogP contribution in [0.25, 0.3) is 0 Å². The van der Waals surface area contributed by atoms with E-state index in [0.717, 1.165) is 38.2 Å². The van der Waals surface area contributed by atoms with Crippen molar-refractivity contribution in [3.8, 4) is 0 Å². The van der Waals surface area contributed by atoms with Crippen molar-refractivity contribution >= 4 is 5.82 Å². The molecule has 1 aliphatic heterocycles. The molecule has 0 unspecified atom stereocenters. The number of rotatable bonds is 5. The van der Waals surface area contributed by atoms with Gasteiger partial charge in [-0.2, -0.15) is 0 Å². The maximum Gasteiger partial charge on any atom is 0.293 e. The first kappa shape index (κ1) is 19.9. The Morgan fingerprint density at radius 2 is 1.62 bits per heavy atom. The number of hydrogen-bond donors (Lipinski definition) is 0. The van der Waals surface area contributed by atoms with Gasteiger partial charge < -0.3 is 9.47 Å². The van der Waals surface area contributed by atoms with Gasteiger partial charge in [0.05, 0.1) is 12.0 Å². The third-order valence-corrected chi connectivity index (χ3v) is 6.06. The molecule has 0 spiro atoms. The van der Waals surface area contributed by atoms with Gasteiger partial charge in [0.2, 0.25) is 0 Å². The number of anilines is 1. The number of hydrogen-bond acceptors (Lipinski definition) is 5. The molecule has 0 N–H and O–H groups in total. The maximum atomic E-state index is 12.8. The molecule has 156 valence electrons. The molecule has 7 nitrogen and oxygen atoms in total. The number of aromatic nitrogens is 4. The lowest BCUT2D eigenvalue weighted by atomic mass is 9.92. The Morgan fingerprint density at radius 3 is 2.24 bits per heavy atom. The third kappa shape index (κ3) is 4.60. The summed E-state index contributed by atoms with van der Waals surface area (Å²) in [7, 11) is 0. The topological polar surface area (TPSA) is 73.0 Å². The van der Waals surface area contributed by atoms with E-state index in [1.54, 1.807) is 29.4 Å². The van der Waals surface area contributed by atoms with Crippen molar-refractivity contribution in [2.75, 3.05) is 18.0 Å². The van der Waals surface area contributed by atoms with Crippen molar-refractivity contribution < 1.29 is 0 Å². The molecule has 29 heavy (non-hydrogen) atoms. The fourth-order valence-electron chi connectivity index (χ4n) is 3.95. The zero-order valence-electron chi connectivity index (χ0n) is 17.7. The Kier molecular flexibility index (Phi) is 5.32. The van der Waals surface area contributed by atoms with E-state index in [0.29, 0.717) is 24.2 Å². The SMILES string of the molecule is CC(C)(C)c1cc(=O)n(CC2CCN(c3nccn(CC4CC4)c3=O)CC2)cn1. The molecule has 2 aromatic rings. The summed E-state index contributed by atoms with van der Waals surface area (Å²) in [5.74, 6) is 1.63. The molecule has 0 bridgehead atoms. The average molecular weight is 398 g/mol. The van der Waals surface area contributed by atoms with Crippen molar-refractivity contribution in [1.82, 2.24) is 19.1 Å². The number of piperidine rings is 1. The molecule has 2 aromatic heterocycles. The zero-order valence-corrected chi connectivity index (χ0v) is 17.7. The van der Waals surface area contributed by atoms with Crippen molar-refractivity contribution in [2.45, 2.75) is 65.0 Å². The number of nitrogens with zero attached hydrogens (tertiary/aromatic N) is 5. The van der Waals surface area contributed by atoms with E-state index in [4.69, 9.17) is 0 Å².